The molecule has 1 heterocycles. The molecule has 0 bridgehead atoms. The molecule has 0 saturated carbocycles. The highest BCUT2D eigenvalue weighted by Crippen LogP contribution is 2.31. The SMILES string of the molecule is CCC(C)(C)C(=O)OC1(C)CCN(C(=O)OC(C)(C)C(C)C)C1. The lowest BCUT2D eigenvalue weighted by molar-refractivity contribution is -0.167. The summed E-state index contributed by atoms with van der Waals surface area (Å²) in [5.74, 6) is 0.0174. The second-order valence-corrected chi connectivity index (χ2v) is 8.37. The van der Waals surface area contributed by atoms with Crippen molar-refractivity contribution >= 4 is 12.1 Å². The van der Waals surface area contributed by atoms with Gasteiger partial charge in [-0.3, -0.25) is 4.79 Å². The summed E-state index contributed by atoms with van der Waals surface area (Å²) in [7, 11) is 0. The maximum atomic E-state index is 12.4. The first-order valence-electron chi connectivity index (χ1n) is 8.54. The zero-order chi connectivity index (χ0) is 18.1. The van der Waals surface area contributed by atoms with E-state index in [-0.39, 0.29) is 18.0 Å². The predicted octanol–water partition coefficient (Wildman–Crippen LogP) is 4.00. The Labute approximate surface area is 140 Å². The molecule has 1 fully saturated rings. The Kier molecular flexibility index (Phi) is 5.76. The quantitative estimate of drug-likeness (QED) is 0.716. The van der Waals surface area contributed by atoms with E-state index in [1.807, 2.05) is 55.4 Å². The number of hydrogen-bond acceptors (Lipinski definition) is 4. The Balaban J connectivity index is 2.67. The third kappa shape index (κ3) is 4.85. The van der Waals surface area contributed by atoms with Gasteiger partial charge in [0.15, 0.2) is 0 Å². The number of carbonyl (C=O) groups excluding carboxylic acids is 2. The minimum Gasteiger partial charge on any atom is -0.457 e. The van der Waals surface area contributed by atoms with Gasteiger partial charge in [-0.2, -0.15) is 0 Å². The van der Waals surface area contributed by atoms with Crippen LogP contribution in [-0.4, -0.2) is 41.3 Å². The normalized spacial score (nSPS) is 22.4. The molecule has 1 aliphatic heterocycles. The molecule has 1 amide bonds. The Morgan fingerprint density at radius 1 is 1.22 bits per heavy atom. The number of likely N-dealkylation sites (tertiary alicyclic amines) is 1. The van der Waals surface area contributed by atoms with Crippen molar-refractivity contribution in [2.24, 2.45) is 11.3 Å². The van der Waals surface area contributed by atoms with E-state index in [4.69, 9.17) is 9.47 Å². The van der Waals surface area contributed by atoms with Gasteiger partial charge in [0, 0.05) is 13.0 Å². The van der Waals surface area contributed by atoms with Gasteiger partial charge in [-0.25, -0.2) is 4.79 Å². The highest BCUT2D eigenvalue weighted by atomic mass is 16.6. The van der Waals surface area contributed by atoms with Crippen molar-refractivity contribution in [3.8, 4) is 0 Å². The number of ether oxygens (including phenoxy) is 2. The van der Waals surface area contributed by atoms with Gasteiger partial charge >= 0.3 is 12.1 Å². The molecule has 134 valence electrons. The summed E-state index contributed by atoms with van der Waals surface area (Å²) in [4.78, 5) is 26.3. The van der Waals surface area contributed by atoms with Crippen molar-refractivity contribution in [2.75, 3.05) is 13.1 Å². The summed E-state index contributed by atoms with van der Waals surface area (Å²) in [6.07, 6.45) is 1.02. The lowest BCUT2D eigenvalue weighted by atomic mass is 9.90. The summed E-state index contributed by atoms with van der Waals surface area (Å²) in [6, 6.07) is 0. The van der Waals surface area contributed by atoms with Gasteiger partial charge < -0.3 is 14.4 Å². The largest absolute Gasteiger partial charge is 0.457 e. The van der Waals surface area contributed by atoms with E-state index >= 15 is 0 Å². The smallest absolute Gasteiger partial charge is 0.410 e. The molecule has 0 aromatic rings. The van der Waals surface area contributed by atoms with Crippen LogP contribution in [0.2, 0.25) is 0 Å². The van der Waals surface area contributed by atoms with Crippen molar-refractivity contribution in [1.82, 2.24) is 4.90 Å². The lowest BCUT2D eigenvalue weighted by Crippen LogP contribution is -2.43. The van der Waals surface area contributed by atoms with Gasteiger partial charge in [-0.05, 0) is 47.0 Å². The number of esters is 1. The van der Waals surface area contributed by atoms with Gasteiger partial charge in [0.05, 0.1) is 12.0 Å². The van der Waals surface area contributed by atoms with Gasteiger partial charge in [0.25, 0.3) is 0 Å². The van der Waals surface area contributed by atoms with Crippen LogP contribution in [0.4, 0.5) is 4.79 Å². The first-order valence-corrected chi connectivity index (χ1v) is 8.54. The van der Waals surface area contributed by atoms with Crippen LogP contribution in [0.3, 0.4) is 0 Å². The van der Waals surface area contributed by atoms with Crippen LogP contribution in [0.5, 0.6) is 0 Å². The van der Waals surface area contributed by atoms with E-state index in [0.29, 0.717) is 19.5 Å². The molecule has 1 rings (SSSR count). The molecule has 23 heavy (non-hydrogen) atoms. The molecule has 1 atom stereocenters. The second kappa shape index (κ2) is 6.70. The molecule has 5 heteroatoms. The van der Waals surface area contributed by atoms with Crippen molar-refractivity contribution in [3.05, 3.63) is 0 Å². The average Bonchev–Trinajstić information content (AvgIpc) is 2.80. The van der Waals surface area contributed by atoms with Gasteiger partial charge in [0.1, 0.15) is 11.2 Å². The Hall–Kier alpha value is -1.26. The standard InChI is InChI=1S/C18H33NO4/c1-9-16(4,5)14(20)22-18(8)10-11-19(12-18)15(21)23-17(6,7)13(2)3/h13H,9-12H2,1-8H3. The first-order chi connectivity index (χ1) is 10.3. The van der Waals surface area contributed by atoms with E-state index in [0.717, 1.165) is 6.42 Å². The van der Waals surface area contributed by atoms with Crippen molar-refractivity contribution in [1.29, 1.82) is 0 Å². The van der Waals surface area contributed by atoms with E-state index in [2.05, 4.69) is 0 Å². The zero-order valence-corrected chi connectivity index (χ0v) is 16.0. The molecule has 1 unspecified atom stereocenters. The first kappa shape index (κ1) is 19.8. The molecule has 5 nitrogen and oxygen atoms in total. The van der Waals surface area contributed by atoms with E-state index in [1.54, 1.807) is 4.90 Å². The summed E-state index contributed by atoms with van der Waals surface area (Å²) in [5, 5.41) is 0. The Bertz CT molecular complexity index is 456. The lowest BCUT2D eigenvalue weighted by Gasteiger charge is -2.32. The van der Waals surface area contributed by atoms with Crippen LogP contribution < -0.4 is 0 Å². The molecule has 0 radical (unpaired) electrons. The minimum atomic E-state index is -0.634. The van der Waals surface area contributed by atoms with Gasteiger partial charge in [-0.1, -0.05) is 20.8 Å². The monoisotopic (exact) mass is 327 g/mol. The van der Waals surface area contributed by atoms with Crippen molar-refractivity contribution in [3.63, 3.8) is 0 Å². The maximum Gasteiger partial charge on any atom is 0.410 e. The highest BCUT2D eigenvalue weighted by molar-refractivity contribution is 5.76. The van der Waals surface area contributed by atoms with Crippen LogP contribution >= 0.6 is 0 Å². The maximum absolute atomic E-state index is 12.4. The number of carbonyl (C=O) groups is 2. The molecule has 0 aliphatic carbocycles. The zero-order valence-electron chi connectivity index (χ0n) is 16.0. The van der Waals surface area contributed by atoms with Crippen LogP contribution in [0.1, 0.15) is 68.2 Å². The fourth-order valence-corrected chi connectivity index (χ4v) is 2.09. The van der Waals surface area contributed by atoms with Crippen LogP contribution in [0, 0.1) is 11.3 Å². The number of hydrogen-bond donors (Lipinski definition) is 0. The minimum absolute atomic E-state index is 0.208. The summed E-state index contributed by atoms with van der Waals surface area (Å²) in [6.45, 7) is 16.4. The molecule has 1 saturated heterocycles. The molecule has 0 spiro atoms. The van der Waals surface area contributed by atoms with Gasteiger partial charge in [-0.15, -0.1) is 0 Å². The van der Waals surface area contributed by atoms with Crippen molar-refractivity contribution < 1.29 is 19.1 Å². The molecular weight excluding hydrogens is 294 g/mol. The molecular formula is C18H33NO4. The van der Waals surface area contributed by atoms with Crippen LogP contribution in [0.25, 0.3) is 0 Å². The van der Waals surface area contributed by atoms with E-state index < -0.39 is 16.6 Å². The summed E-state index contributed by atoms with van der Waals surface area (Å²) >= 11 is 0. The third-order valence-electron chi connectivity index (χ3n) is 5.21. The summed E-state index contributed by atoms with van der Waals surface area (Å²) in [5.41, 5.74) is -1.65. The fraction of sp³-hybridized carbons (Fsp3) is 0.889. The van der Waals surface area contributed by atoms with Crippen LogP contribution in [-0.2, 0) is 14.3 Å². The fourth-order valence-electron chi connectivity index (χ4n) is 2.09. The van der Waals surface area contributed by atoms with E-state index in [9.17, 15) is 9.59 Å². The molecule has 1 aliphatic rings. The second-order valence-electron chi connectivity index (χ2n) is 8.37. The summed E-state index contributed by atoms with van der Waals surface area (Å²) < 4.78 is 11.3. The highest BCUT2D eigenvalue weighted by Gasteiger charge is 2.43. The number of nitrogens with zero attached hydrogens (tertiary/aromatic N) is 1. The average molecular weight is 327 g/mol. The Morgan fingerprint density at radius 3 is 2.26 bits per heavy atom. The topological polar surface area (TPSA) is 55.8 Å². The van der Waals surface area contributed by atoms with Gasteiger partial charge in [0.2, 0.25) is 0 Å². The number of amides is 1. The molecule has 0 N–H and O–H groups in total. The van der Waals surface area contributed by atoms with E-state index in [1.165, 1.54) is 0 Å². The third-order valence-corrected chi connectivity index (χ3v) is 5.21. The van der Waals surface area contributed by atoms with Crippen molar-refractivity contribution in [2.45, 2.75) is 79.4 Å². The van der Waals surface area contributed by atoms with Crippen LogP contribution in [0.15, 0.2) is 0 Å². The Morgan fingerprint density at radius 2 is 1.78 bits per heavy atom. The number of rotatable bonds is 5. The molecule has 0 aromatic carbocycles. The predicted molar refractivity (Wildman–Crippen MR) is 90.2 cm³/mol. The molecule has 0 aromatic heterocycles.